The summed E-state index contributed by atoms with van der Waals surface area (Å²) in [6.45, 7) is 15.9. The third-order valence-corrected chi connectivity index (χ3v) is 27.9. The van der Waals surface area contributed by atoms with Gasteiger partial charge in [-0.25, -0.2) is 0 Å². The van der Waals surface area contributed by atoms with Crippen molar-refractivity contribution in [2.75, 3.05) is 0 Å². The van der Waals surface area contributed by atoms with Crippen molar-refractivity contribution in [3.8, 4) is 0 Å². The number of carboxylic acids is 7. The second-order valence-corrected chi connectivity index (χ2v) is 42.6. The van der Waals surface area contributed by atoms with Crippen LogP contribution in [0.5, 0.6) is 0 Å². The molecule has 0 fully saturated rings. The number of carboxylic acid groups (broad SMARTS) is 7. The molecule has 0 spiro atoms. The summed E-state index contributed by atoms with van der Waals surface area (Å²) in [4.78, 5) is 72.0. The Balaban J connectivity index is -0.000000180. The largest absolute Gasteiger partial charge is 1.00 e. The molecule has 0 unspecified atom stereocenters. The summed E-state index contributed by atoms with van der Waals surface area (Å²) in [6, 6.07) is 0. The van der Waals surface area contributed by atoms with Crippen LogP contribution in [0.1, 0.15) is 768 Å². The summed E-state index contributed by atoms with van der Waals surface area (Å²) < 4.78 is 0. The number of carbonyl (C=O) groups excluding carboxylic acids is 3. The molecule has 0 radical (unpaired) electrons. The quantitative estimate of drug-likeness (QED) is 0.0326. The molecular formula is C126H249Na3O14. The van der Waals surface area contributed by atoms with Gasteiger partial charge in [-0.05, 0) is 64.2 Å². The summed E-state index contributed by atoms with van der Waals surface area (Å²) >= 11 is 0. The molecule has 0 saturated carbocycles. The Kier molecular flexibility index (Phi) is 180. The summed E-state index contributed by atoms with van der Waals surface area (Å²) in [7, 11) is 0. The predicted octanol–water partition coefficient (Wildman–Crippen LogP) is 31.3. The van der Waals surface area contributed by atoms with Crippen molar-refractivity contribution in [2.24, 2.45) is 0 Å². The summed E-state index contributed by atoms with van der Waals surface area (Å²) in [5.41, 5.74) is 0. The van der Waals surface area contributed by atoms with Crippen LogP contribution in [0.3, 0.4) is 0 Å². The molecule has 0 aromatic heterocycles. The molecule has 4 N–H and O–H groups in total. The maximum atomic E-state index is 10.3. The average molecular weight is 2060 g/mol. The molecule has 0 amide bonds. The number of hydrogen-bond acceptors (Lipinski definition) is 10. The van der Waals surface area contributed by atoms with E-state index in [2.05, 4.69) is 48.5 Å². The molecule has 143 heavy (non-hydrogen) atoms. The predicted molar refractivity (Wildman–Crippen MR) is 602 cm³/mol. The van der Waals surface area contributed by atoms with Crippen LogP contribution in [-0.4, -0.2) is 62.2 Å². The average Bonchev–Trinajstić information content (AvgIpc) is 1.11. The van der Waals surface area contributed by atoms with Gasteiger partial charge in [0.25, 0.3) is 0 Å². The molecule has 0 aliphatic carbocycles. The van der Waals surface area contributed by atoms with Gasteiger partial charge in [-0.3, -0.25) is 19.2 Å². The maximum Gasteiger partial charge on any atom is 1.00 e. The monoisotopic (exact) mass is 2060 g/mol. The van der Waals surface area contributed by atoms with Crippen LogP contribution in [-0.2, 0) is 33.6 Å². The first kappa shape index (κ1) is 162. The first-order valence-corrected chi connectivity index (χ1v) is 62.9. The van der Waals surface area contributed by atoms with Crippen LogP contribution in [0.2, 0.25) is 0 Å². The van der Waals surface area contributed by atoms with Crippen molar-refractivity contribution in [1.29, 1.82) is 0 Å². The number of rotatable bonds is 112. The van der Waals surface area contributed by atoms with Gasteiger partial charge >= 0.3 is 113 Å². The van der Waals surface area contributed by atoms with Gasteiger partial charge in [-0.2, -0.15) is 0 Å². The Morgan fingerprint density at radius 2 is 0.168 bits per heavy atom. The van der Waals surface area contributed by atoms with Crippen LogP contribution in [0.4, 0.5) is 0 Å². The summed E-state index contributed by atoms with van der Waals surface area (Å²) in [5.74, 6) is -5.32. The molecule has 0 aromatic rings. The molecule has 0 atom stereocenters. The smallest absolute Gasteiger partial charge is 0.550 e. The molecule has 840 valence electrons. The van der Waals surface area contributed by atoms with Gasteiger partial charge in [0.05, 0.1) is 0 Å². The first-order chi connectivity index (χ1) is 68.4. The van der Waals surface area contributed by atoms with E-state index in [1.165, 1.54) is 584 Å². The van der Waals surface area contributed by atoms with E-state index in [4.69, 9.17) is 20.4 Å². The second-order valence-electron chi connectivity index (χ2n) is 42.6. The van der Waals surface area contributed by atoms with Crippen LogP contribution in [0.15, 0.2) is 0 Å². The second kappa shape index (κ2) is 159. The van der Waals surface area contributed by atoms with Gasteiger partial charge < -0.3 is 50.1 Å². The van der Waals surface area contributed by atoms with E-state index in [9.17, 15) is 48.9 Å². The van der Waals surface area contributed by atoms with Crippen molar-refractivity contribution in [2.45, 2.75) is 768 Å². The zero-order valence-electron chi connectivity index (χ0n) is 98.6. The number of unbranched alkanes of at least 4 members (excludes halogenated alkanes) is 98. The molecule has 0 bridgehead atoms. The zero-order chi connectivity index (χ0) is 104. The Morgan fingerprint density at radius 3 is 0.224 bits per heavy atom. The molecular weight excluding hydrogens is 1810 g/mol. The molecule has 0 aromatic carbocycles. The Bertz CT molecular complexity index is 1860. The van der Waals surface area contributed by atoms with Crippen molar-refractivity contribution >= 4 is 41.8 Å². The number of carbonyl (C=O) groups is 7. The van der Waals surface area contributed by atoms with Gasteiger partial charge in [-0.15, -0.1) is 0 Å². The molecule has 0 aliphatic rings. The van der Waals surface area contributed by atoms with E-state index < -0.39 is 41.8 Å². The summed E-state index contributed by atoms with van der Waals surface area (Å²) in [6.07, 6.45) is 140. The van der Waals surface area contributed by atoms with Crippen LogP contribution in [0.25, 0.3) is 0 Å². The van der Waals surface area contributed by atoms with E-state index in [1.54, 1.807) is 0 Å². The van der Waals surface area contributed by atoms with Gasteiger partial charge in [-0.1, -0.05) is 678 Å². The maximum absolute atomic E-state index is 10.3. The Morgan fingerprint density at radius 1 is 0.112 bits per heavy atom. The Labute approximate surface area is 958 Å². The van der Waals surface area contributed by atoms with Crippen molar-refractivity contribution in [1.82, 2.24) is 0 Å². The van der Waals surface area contributed by atoms with Gasteiger partial charge in [0.1, 0.15) is 0 Å². The third kappa shape index (κ3) is 196. The van der Waals surface area contributed by atoms with E-state index in [-0.39, 0.29) is 108 Å². The number of hydrogen-bond donors (Lipinski definition) is 4. The van der Waals surface area contributed by atoms with Crippen molar-refractivity contribution < 1.29 is 158 Å². The fourth-order valence-electron chi connectivity index (χ4n) is 18.5. The standard InChI is InChI=1S/7C18H36O2.3Na/c7*1-2-3-4-5-6-7-8-9-10-11-12-13-14-15-16-17-18(19)20;;;/h7*2-17H2,1H3,(H,19,20);;;/q;;;;;;;3*+1/p-3. The van der Waals surface area contributed by atoms with Gasteiger partial charge in [0, 0.05) is 43.6 Å². The fraction of sp³-hybridized carbons (Fsp3) is 0.944. The molecule has 0 saturated heterocycles. The molecule has 0 aliphatic heterocycles. The van der Waals surface area contributed by atoms with Crippen molar-refractivity contribution in [3.05, 3.63) is 0 Å². The van der Waals surface area contributed by atoms with Gasteiger partial charge in [0.2, 0.25) is 0 Å². The van der Waals surface area contributed by atoms with E-state index in [1.807, 2.05) is 0 Å². The van der Waals surface area contributed by atoms with E-state index in [0.29, 0.717) is 25.7 Å². The minimum Gasteiger partial charge on any atom is -0.550 e. The zero-order valence-corrected chi connectivity index (χ0v) is 105. The van der Waals surface area contributed by atoms with Gasteiger partial charge in [0.15, 0.2) is 0 Å². The van der Waals surface area contributed by atoms with Crippen LogP contribution in [0, 0.1) is 0 Å². The molecule has 0 heterocycles. The van der Waals surface area contributed by atoms with Crippen LogP contribution < -0.4 is 104 Å². The fourth-order valence-corrected chi connectivity index (χ4v) is 18.5. The molecule has 14 nitrogen and oxygen atoms in total. The number of aliphatic carboxylic acids is 7. The third-order valence-electron chi connectivity index (χ3n) is 27.9. The first-order valence-electron chi connectivity index (χ1n) is 62.9. The van der Waals surface area contributed by atoms with Crippen molar-refractivity contribution in [3.63, 3.8) is 0 Å². The summed E-state index contributed by atoms with van der Waals surface area (Å²) in [5, 5.41) is 64.7. The van der Waals surface area contributed by atoms with E-state index in [0.717, 1.165) is 89.9 Å². The van der Waals surface area contributed by atoms with Crippen LogP contribution >= 0.6 is 0 Å². The molecule has 17 heteroatoms. The topological polar surface area (TPSA) is 270 Å². The minimum atomic E-state index is -0.903. The normalized spacial score (nSPS) is 10.6. The van der Waals surface area contributed by atoms with E-state index >= 15 is 0 Å². The Hall–Kier alpha value is -0.710. The SMILES string of the molecule is CCCCCCCCCCCCCCCCCC(=O)O.CCCCCCCCCCCCCCCCCC(=O)O.CCCCCCCCCCCCCCCCCC(=O)O.CCCCCCCCCCCCCCCCCC(=O)O.CCCCCCCCCCCCCCCCCC(=O)[O-].CCCCCCCCCCCCCCCCCC(=O)[O-].CCCCCCCCCCCCCCCCCC(=O)[O-].[Na+].[Na+].[Na+]. The minimum absolute atomic E-state index is 0. The molecule has 0 rings (SSSR count).